The zero-order valence-corrected chi connectivity index (χ0v) is 32.7. The number of hydrogen-bond donors (Lipinski definition) is 3. The molecule has 0 radical (unpaired) electrons. The minimum atomic E-state index is -2.97. The van der Waals surface area contributed by atoms with E-state index in [9.17, 15) is 79.2 Å². The van der Waals surface area contributed by atoms with Crippen molar-refractivity contribution in [2.75, 3.05) is 27.7 Å². The number of nitrogens with zero attached hydrogens (tertiary/aromatic N) is 1. The molecule has 0 heterocycles. The average Bonchev–Trinajstić information content (AvgIpc) is 2.63. The SMILES string of the molecule is CC(=O)[C@@](O)(CC(=O)[O-])C[N+](C)(C)C.O=C([O-])CC(O)(CC(=O)[O-])C(=O)[O-].O=C([O-])CC(O)(CC(=O)[O-])C(=O)[O-].[Zn+2].[Zn+2].[Zn+2]. The minimum absolute atomic E-state index is 0. The van der Waals surface area contributed by atoms with E-state index in [0.29, 0.717) is 4.48 Å². The van der Waals surface area contributed by atoms with E-state index in [2.05, 4.69) is 0 Å². The molecule has 0 fully saturated rings. The summed E-state index contributed by atoms with van der Waals surface area (Å²) in [6.07, 6.45) is -6.09. The molecule has 0 aromatic heterocycles. The molecule has 230 valence electrons. The number of aliphatic carboxylic acids is 7. The summed E-state index contributed by atoms with van der Waals surface area (Å²) < 4.78 is 0.309. The average molecular weight is 778 g/mol. The van der Waals surface area contributed by atoms with E-state index >= 15 is 0 Å². The van der Waals surface area contributed by atoms with Gasteiger partial charge in [0.1, 0.15) is 17.7 Å². The third kappa shape index (κ3) is 25.8. The minimum Gasteiger partial charge on any atom is -0.550 e. The van der Waals surface area contributed by atoms with Crippen LogP contribution in [0.1, 0.15) is 39.0 Å². The molecule has 0 spiro atoms. The van der Waals surface area contributed by atoms with Crippen LogP contribution in [0.2, 0.25) is 0 Å². The fraction of sp³-hybridized carbons (Fsp3) is 0.619. The molecule has 1 atom stereocenters. The van der Waals surface area contributed by atoms with Crippen molar-refractivity contribution in [2.24, 2.45) is 0 Å². The monoisotopic (exact) mass is 773 g/mol. The first-order valence-corrected chi connectivity index (χ1v) is 10.5. The van der Waals surface area contributed by atoms with Crippen molar-refractivity contribution < 1.29 is 152 Å². The molecule has 0 saturated heterocycles. The number of likely N-dealkylation sites (N-methyl/N-ethyl adjacent to an activating group) is 1. The number of carbonyl (C=O) groups is 8. The summed E-state index contributed by atoms with van der Waals surface area (Å²) in [5.41, 5.74) is -7.77. The van der Waals surface area contributed by atoms with Gasteiger partial charge in [0.15, 0.2) is 11.4 Å². The maximum atomic E-state index is 11.1. The van der Waals surface area contributed by atoms with Crippen molar-refractivity contribution >= 4 is 47.6 Å². The summed E-state index contributed by atoms with van der Waals surface area (Å²) in [5, 5.41) is 98.0. The van der Waals surface area contributed by atoms with E-state index in [0.717, 1.165) is 0 Å². The molecule has 19 nitrogen and oxygen atoms in total. The number of rotatable bonds is 15. The van der Waals surface area contributed by atoms with Gasteiger partial charge in [0.2, 0.25) is 0 Å². The first-order valence-electron chi connectivity index (χ1n) is 10.5. The van der Waals surface area contributed by atoms with Crippen LogP contribution in [-0.2, 0) is 96.8 Å². The second kappa shape index (κ2) is 22.2. The van der Waals surface area contributed by atoms with Crippen LogP contribution in [0.5, 0.6) is 0 Å². The van der Waals surface area contributed by atoms with E-state index in [4.69, 9.17) is 10.2 Å². The molecule has 0 amide bonds. The molecule has 43 heavy (non-hydrogen) atoms. The van der Waals surface area contributed by atoms with Crippen molar-refractivity contribution in [3.05, 3.63) is 0 Å². The van der Waals surface area contributed by atoms with Crippen molar-refractivity contribution in [3.63, 3.8) is 0 Å². The van der Waals surface area contributed by atoms with Gasteiger partial charge in [-0.05, 0) is 6.92 Å². The Morgan fingerprint density at radius 2 is 0.674 bits per heavy atom. The second-order valence-electron chi connectivity index (χ2n) is 9.42. The van der Waals surface area contributed by atoms with Gasteiger partial charge in [-0.3, -0.25) is 4.79 Å². The van der Waals surface area contributed by atoms with Gasteiger partial charge >= 0.3 is 58.4 Å². The Morgan fingerprint density at radius 3 is 0.791 bits per heavy atom. The summed E-state index contributed by atoms with van der Waals surface area (Å²) in [7, 11) is 5.30. The summed E-state index contributed by atoms with van der Waals surface area (Å²) in [6, 6.07) is 0. The molecular weight excluding hydrogens is 750 g/mol. The van der Waals surface area contributed by atoms with E-state index in [1.165, 1.54) is 6.92 Å². The molecule has 0 rings (SSSR count). The van der Waals surface area contributed by atoms with Gasteiger partial charge in [-0.15, -0.1) is 0 Å². The molecule has 0 aliphatic heterocycles. The summed E-state index contributed by atoms with van der Waals surface area (Å²) in [5.74, 6) is -13.9. The summed E-state index contributed by atoms with van der Waals surface area (Å²) >= 11 is 0. The molecule has 0 unspecified atom stereocenters. The molecule has 0 saturated carbocycles. The molecule has 0 aromatic carbocycles. The standard InChI is InChI=1S/C9H17NO4.2C6H8O7.3Zn/c1-7(11)9(14,5-8(12)13)6-10(2,3)4;2*7-3(8)1-6(13,5(11)12)2-4(9)10;;;/h14H,5-6H2,1-4H3;2*13H,1-2H2,(H,7,8)(H,9,10)(H,11,12);;;/q;;;3*+2/p-6/t9-;;;;;/m1...../s1. The zero-order valence-electron chi connectivity index (χ0n) is 23.8. The third-order valence-electron chi connectivity index (χ3n) is 4.34. The van der Waals surface area contributed by atoms with Crippen LogP contribution in [-0.4, -0.2) is 112 Å². The molecule has 22 heteroatoms. The van der Waals surface area contributed by atoms with E-state index in [1.54, 1.807) is 21.1 Å². The van der Waals surface area contributed by atoms with Crippen LogP contribution in [0.4, 0.5) is 0 Å². The Labute approximate surface area is 282 Å². The predicted octanol–water partition coefficient (Wildman–Crippen LogP) is -12.4. The van der Waals surface area contributed by atoms with Gasteiger partial charge in [0, 0.05) is 62.0 Å². The van der Waals surface area contributed by atoms with Crippen LogP contribution in [0.3, 0.4) is 0 Å². The molecule has 3 N–H and O–H groups in total. The first kappa shape index (κ1) is 53.2. The summed E-state index contributed by atoms with van der Waals surface area (Å²) in [4.78, 5) is 81.5. The fourth-order valence-electron chi connectivity index (χ4n) is 2.68. The molecule has 0 bridgehead atoms. The molecule has 0 aliphatic rings. The number of Topliss-reactive ketones (excluding diaryl/α,β-unsaturated/α-hetero) is 1. The number of carbonyl (C=O) groups excluding carboxylic acids is 8. The number of carboxylic acids is 7. The Morgan fingerprint density at radius 1 is 0.488 bits per heavy atom. The van der Waals surface area contributed by atoms with Gasteiger partial charge < -0.3 is 89.1 Å². The Kier molecular flexibility index (Phi) is 27.5. The first-order chi connectivity index (χ1) is 17.6. The maximum Gasteiger partial charge on any atom is 2.00 e. The predicted molar refractivity (Wildman–Crippen MR) is 107 cm³/mol. The Bertz CT molecular complexity index is 912. The van der Waals surface area contributed by atoms with Crippen LogP contribution < -0.4 is 35.7 Å². The van der Waals surface area contributed by atoms with E-state index in [1.807, 2.05) is 0 Å². The zero-order chi connectivity index (χ0) is 32.9. The number of carboxylic acid groups (broad SMARTS) is 7. The molecule has 0 aromatic rings. The normalized spacial score (nSPS) is 11.8. The molecule has 0 aliphatic carbocycles. The van der Waals surface area contributed by atoms with Crippen molar-refractivity contribution in [1.29, 1.82) is 0 Å². The summed E-state index contributed by atoms with van der Waals surface area (Å²) in [6.45, 7) is 1.23. The third-order valence-corrected chi connectivity index (χ3v) is 4.34. The Balaban J connectivity index is -0.000000115. The van der Waals surface area contributed by atoms with Crippen molar-refractivity contribution in [1.82, 2.24) is 0 Å². The van der Waals surface area contributed by atoms with Crippen molar-refractivity contribution in [3.8, 4) is 0 Å². The fourth-order valence-corrected chi connectivity index (χ4v) is 2.68. The smallest absolute Gasteiger partial charge is 0.550 e. The van der Waals surface area contributed by atoms with Gasteiger partial charge in [-0.1, -0.05) is 0 Å². The number of quaternary nitrogens is 1. The van der Waals surface area contributed by atoms with Gasteiger partial charge in [-0.25, -0.2) is 0 Å². The molecular formula is C21H27NO18Zn3. The van der Waals surface area contributed by atoms with Gasteiger partial charge in [0.05, 0.1) is 33.1 Å². The second-order valence-corrected chi connectivity index (χ2v) is 9.42. The maximum absolute atomic E-state index is 11.1. The van der Waals surface area contributed by atoms with E-state index < -0.39 is 96.5 Å². The van der Waals surface area contributed by atoms with Crippen LogP contribution in [0, 0.1) is 0 Å². The van der Waals surface area contributed by atoms with Gasteiger partial charge in [-0.2, -0.15) is 0 Å². The van der Waals surface area contributed by atoms with Crippen LogP contribution >= 0.6 is 0 Å². The van der Waals surface area contributed by atoms with Crippen LogP contribution in [0.15, 0.2) is 0 Å². The number of aliphatic hydroxyl groups is 3. The Hall–Kier alpha value is -2.33. The van der Waals surface area contributed by atoms with Crippen molar-refractivity contribution in [2.45, 2.75) is 55.8 Å². The topological polar surface area (TPSA) is 359 Å². The number of ketones is 1. The van der Waals surface area contributed by atoms with Crippen LogP contribution in [0.25, 0.3) is 0 Å². The quantitative estimate of drug-likeness (QED) is 0.103. The van der Waals surface area contributed by atoms with Gasteiger partial charge in [0.25, 0.3) is 0 Å². The largest absolute Gasteiger partial charge is 2.00 e. The van der Waals surface area contributed by atoms with E-state index in [-0.39, 0.29) is 65.0 Å². The number of hydrogen-bond acceptors (Lipinski definition) is 18.